The summed E-state index contributed by atoms with van der Waals surface area (Å²) in [6.45, 7) is 4.71. The van der Waals surface area contributed by atoms with Crippen molar-refractivity contribution in [1.29, 1.82) is 0 Å². The first-order valence-corrected chi connectivity index (χ1v) is 6.37. The Kier molecular flexibility index (Phi) is 7.16. The first-order chi connectivity index (χ1) is 8.22. The van der Waals surface area contributed by atoms with Gasteiger partial charge in [-0.05, 0) is 25.8 Å². The highest BCUT2D eigenvalue weighted by Gasteiger charge is 2.21. The van der Waals surface area contributed by atoms with Crippen LogP contribution in [0.25, 0.3) is 0 Å². The van der Waals surface area contributed by atoms with Gasteiger partial charge in [-0.25, -0.2) is 0 Å². The van der Waals surface area contributed by atoms with Crippen LogP contribution in [0.15, 0.2) is 0 Å². The van der Waals surface area contributed by atoms with Crippen LogP contribution in [-0.2, 0) is 9.53 Å². The first kappa shape index (κ1) is 14.4. The van der Waals surface area contributed by atoms with E-state index in [1.54, 1.807) is 7.11 Å². The van der Waals surface area contributed by atoms with Gasteiger partial charge in [0.05, 0.1) is 13.2 Å². The summed E-state index contributed by atoms with van der Waals surface area (Å²) in [5.41, 5.74) is 0. The first-order valence-electron chi connectivity index (χ1n) is 6.37. The zero-order chi connectivity index (χ0) is 12.5. The second-order valence-electron chi connectivity index (χ2n) is 4.72. The van der Waals surface area contributed by atoms with Gasteiger partial charge in [-0.3, -0.25) is 4.79 Å². The molecule has 1 rings (SSSR count). The highest BCUT2D eigenvalue weighted by atomic mass is 16.5. The topological polar surface area (TPSA) is 53.6 Å². The fraction of sp³-hybridized carbons (Fsp3) is 0.917. The summed E-state index contributed by atoms with van der Waals surface area (Å²) in [6, 6.07) is 0. The van der Waals surface area contributed by atoms with E-state index >= 15 is 0 Å². The van der Waals surface area contributed by atoms with Crippen molar-refractivity contribution in [2.45, 2.75) is 12.8 Å². The second kappa shape index (κ2) is 8.44. The minimum Gasteiger partial charge on any atom is -0.383 e. The average molecular weight is 243 g/mol. The van der Waals surface area contributed by atoms with Crippen molar-refractivity contribution >= 4 is 5.91 Å². The Balaban J connectivity index is 1.86. The zero-order valence-electron chi connectivity index (χ0n) is 11.0. The minimum atomic E-state index is 0.108. The smallest absolute Gasteiger partial charge is 0.233 e. The van der Waals surface area contributed by atoms with Gasteiger partial charge in [-0.15, -0.1) is 0 Å². The van der Waals surface area contributed by atoms with Crippen molar-refractivity contribution in [3.8, 4) is 0 Å². The summed E-state index contributed by atoms with van der Waals surface area (Å²) in [5, 5.41) is 6.07. The van der Waals surface area contributed by atoms with Gasteiger partial charge < -0.3 is 20.3 Å². The third-order valence-electron chi connectivity index (χ3n) is 2.92. The molecule has 0 heterocycles. The monoisotopic (exact) mass is 243 g/mol. The quantitative estimate of drug-likeness (QED) is 0.516. The molecule has 100 valence electrons. The third-order valence-corrected chi connectivity index (χ3v) is 2.92. The molecule has 0 bridgehead atoms. The lowest BCUT2D eigenvalue weighted by Gasteiger charge is -2.16. The third kappa shape index (κ3) is 8.12. The molecule has 0 radical (unpaired) electrons. The summed E-state index contributed by atoms with van der Waals surface area (Å²) in [5.74, 6) is 0.857. The summed E-state index contributed by atoms with van der Waals surface area (Å²) in [4.78, 5) is 13.6. The number of carbonyl (C=O) groups is 1. The maximum absolute atomic E-state index is 11.4. The molecule has 0 unspecified atom stereocenters. The van der Waals surface area contributed by atoms with Gasteiger partial charge in [0.2, 0.25) is 5.91 Å². The molecule has 0 aromatic rings. The van der Waals surface area contributed by atoms with Crippen LogP contribution in [0.2, 0.25) is 0 Å². The number of nitrogens with zero attached hydrogens (tertiary/aromatic N) is 1. The number of rotatable bonds is 10. The van der Waals surface area contributed by atoms with E-state index in [2.05, 4.69) is 15.5 Å². The van der Waals surface area contributed by atoms with Gasteiger partial charge in [0, 0.05) is 33.3 Å². The molecule has 1 amide bonds. The molecule has 0 saturated heterocycles. The molecule has 5 heteroatoms. The van der Waals surface area contributed by atoms with Gasteiger partial charge in [0.25, 0.3) is 0 Å². The van der Waals surface area contributed by atoms with Crippen molar-refractivity contribution in [3.63, 3.8) is 0 Å². The number of methoxy groups -OCH3 is 1. The number of nitrogens with one attached hydrogen (secondary N) is 2. The van der Waals surface area contributed by atoms with Gasteiger partial charge in [0.15, 0.2) is 0 Å². The molecule has 1 aliphatic rings. The molecule has 2 N–H and O–H groups in total. The van der Waals surface area contributed by atoms with E-state index in [1.807, 2.05) is 7.05 Å². The van der Waals surface area contributed by atoms with Crippen molar-refractivity contribution in [3.05, 3.63) is 0 Å². The number of likely N-dealkylation sites (N-methyl/N-ethyl adjacent to an activating group) is 1. The molecule has 0 aromatic heterocycles. The summed E-state index contributed by atoms with van der Waals surface area (Å²) in [6.07, 6.45) is 2.55. The highest BCUT2D eigenvalue weighted by molar-refractivity contribution is 5.77. The van der Waals surface area contributed by atoms with E-state index in [0.29, 0.717) is 6.54 Å². The molecular weight excluding hydrogens is 218 g/mol. The number of carbonyl (C=O) groups excluding carboxylic acids is 1. The van der Waals surface area contributed by atoms with E-state index in [-0.39, 0.29) is 5.91 Å². The lowest BCUT2D eigenvalue weighted by molar-refractivity contribution is -0.120. The van der Waals surface area contributed by atoms with E-state index in [1.165, 1.54) is 12.8 Å². The molecule has 0 aliphatic heterocycles. The molecular formula is C12H25N3O2. The molecule has 0 atom stereocenters. The van der Waals surface area contributed by atoms with Crippen LogP contribution < -0.4 is 10.6 Å². The molecule has 0 spiro atoms. The van der Waals surface area contributed by atoms with E-state index < -0.39 is 0 Å². The van der Waals surface area contributed by atoms with E-state index in [4.69, 9.17) is 4.74 Å². The average Bonchev–Trinajstić information content (AvgIpc) is 3.13. The lowest BCUT2D eigenvalue weighted by atomic mass is 10.4. The van der Waals surface area contributed by atoms with Gasteiger partial charge in [0.1, 0.15) is 0 Å². The van der Waals surface area contributed by atoms with Crippen LogP contribution in [0.5, 0.6) is 0 Å². The van der Waals surface area contributed by atoms with Crippen molar-refractivity contribution in [1.82, 2.24) is 15.5 Å². The Morgan fingerprint density at radius 3 is 2.82 bits per heavy atom. The summed E-state index contributed by atoms with van der Waals surface area (Å²) in [7, 11) is 3.75. The fourth-order valence-corrected chi connectivity index (χ4v) is 1.47. The lowest BCUT2D eigenvalue weighted by Crippen LogP contribution is -2.38. The normalized spacial score (nSPS) is 15.2. The van der Waals surface area contributed by atoms with Crippen molar-refractivity contribution < 1.29 is 9.53 Å². The Morgan fingerprint density at radius 2 is 2.18 bits per heavy atom. The largest absolute Gasteiger partial charge is 0.383 e. The number of hydrogen-bond acceptors (Lipinski definition) is 4. The molecule has 1 aliphatic carbocycles. The second-order valence-corrected chi connectivity index (χ2v) is 4.72. The van der Waals surface area contributed by atoms with Crippen LogP contribution in [0.4, 0.5) is 0 Å². The van der Waals surface area contributed by atoms with Crippen LogP contribution >= 0.6 is 0 Å². The number of ether oxygens (including phenoxy) is 1. The summed E-state index contributed by atoms with van der Waals surface area (Å²) >= 11 is 0. The van der Waals surface area contributed by atoms with Gasteiger partial charge >= 0.3 is 0 Å². The molecule has 5 nitrogen and oxygen atoms in total. The van der Waals surface area contributed by atoms with Gasteiger partial charge in [-0.2, -0.15) is 0 Å². The molecule has 1 fully saturated rings. The van der Waals surface area contributed by atoms with Gasteiger partial charge in [-0.1, -0.05) is 0 Å². The molecule has 0 aromatic carbocycles. The SMILES string of the molecule is COCCN(C)CCNCC(=O)NCC1CC1. The Morgan fingerprint density at radius 1 is 1.41 bits per heavy atom. The summed E-state index contributed by atoms with van der Waals surface area (Å²) < 4.78 is 4.99. The van der Waals surface area contributed by atoms with Crippen LogP contribution in [0, 0.1) is 5.92 Å². The highest BCUT2D eigenvalue weighted by Crippen LogP contribution is 2.27. The number of hydrogen-bond donors (Lipinski definition) is 2. The van der Waals surface area contributed by atoms with Crippen LogP contribution in [0.3, 0.4) is 0 Å². The fourth-order valence-electron chi connectivity index (χ4n) is 1.47. The van der Waals surface area contributed by atoms with Crippen LogP contribution in [-0.4, -0.2) is 64.3 Å². The van der Waals surface area contributed by atoms with E-state index in [0.717, 1.165) is 38.7 Å². The Hall–Kier alpha value is -0.650. The standard InChI is InChI=1S/C12H25N3O2/c1-15(7-8-17-2)6-5-13-10-12(16)14-9-11-3-4-11/h11,13H,3-10H2,1-2H3,(H,14,16). The Bertz CT molecular complexity index is 220. The molecule has 17 heavy (non-hydrogen) atoms. The predicted octanol–water partition coefficient (Wildman–Crippen LogP) is -0.320. The predicted molar refractivity (Wildman–Crippen MR) is 68.0 cm³/mol. The maximum Gasteiger partial charge on any atom is 0.233 e. The maximum atomic E-state index is 11.4. The minimum absolute atomic E-state index is 0.108. The number of amides is 1. The Labute approximate surface area is 104 Å². The van der Waals surface area contributed by atoms with Crippen LogP contribution in [0.1, 0.15) is 12.8 Å². The molecule has 1 saturated carbocycles. The van der Waals surface area contributed by atoms with Crippen molar-refractivity contribution in [2.75, 3.05) is 53.5 Å². The zero-order valence-corrected chi connectivity index (χ0v) is 11.0. The van der Waals surface area contributed by atoms with Crippen molar-refractivity contribution in [2.24, 2.45) is 5.92 Å². The van der Waals surface area contributed by atoms with E-state index in [9.17, 15) is 4.79 Å².